The van der Waals surface area contributed by atoms with Crippen molar-refractivity contribution in [3.63, 3.8) is 0 Å². The van der Waals surface area contributed by atoms with Crippen LogP contribution < -0.4 is 15.4 Å². The average molecular weight is 447 g/mol. The van der Waals surface area contributed by atoms with Gasteiger partial charge in [0, 0.05) is 49.0 Å². The molecule has 0 aliphatic carbocycles. The van der Waals surface area contributed by atoms with Gasteiger partial charge in [-0.05, 0) is 63.6 Å². The molecule has 7 heteroatoms. The van der Waals surface area contributed by atoms with Crippen LogP contribution in [0.5, 0.6) is 0 Å². The molecule has 1 atom stereocenters. The Bertz CT molecular complexity index is 1320. The lowest BCUT2D eigenvalue weighted by molar-refractivity contribution is 0.103. The molecule has 0 bridgehead atoms. The second kappa shape index (κ2) is 7.68. The van der Waals surface area contributed by atoms with Crippen molar-refractivity contribution in [2.75, 3.05) is 29.9 Å². The van der Waals surface area contributed by atoms with E-state index in [2.05, 4.69) is 53.7 Å². The molecule has 2 aliphatic heterocycles. The molecule has 1 fully saturated rings. The summed E-state index contributed by atoms with van der Waals surface area (Å²) < 4.78 is 5.65. The number of carbonyl (C=O) groups excluding carboxylic acids is 1. The predicted molar refractivity (Wildman–Crippen MR) is 130 cm³/mol. The topological polar surface area (TPSA) is 79.5 Å². The summed E-state index contributed by atoms with van der Waals surface area (Å²) in [5, 5.41) is 0.754. The highest BCUT2D eigenvalue weighted by atomic mass is 16.4. The van der Waals surface area contributed by atoms with Crippen molar-refractivity contribution in [2.45, 2.75) is 58.4 Å². The van der Waals surface area contributed by atoms with Crippen LogP contribution in [0.15, 0.2) is 33.6 Å². The summed E-state index contributed by atoms with van der Waals surface area (Å²) >= 11 is 0. The van der Waals surface area contributed by atoms with Crippen molar-refractivity contribution < 1.29 is 9.21 Å². The number of benzene rings is 1. The number of carbonyl (C=O) groups is 1. The van der Waals surface area contributed by atoms with Crippen molar-refractivity contribution >= 4 is 28.4 Å². The van der Waals surface area contributed by atoms with Gasteiger partial charge in [0.05, 0.1) is 11.3 Å². The molecule has 1 aromatic carbocycles. The fourth-order valence-electron chi connectivity index (χ4n) is 5.23. The van der Waals surface area contributed by atoms with Gasteiger partial charge in [0.15, 0.2) is 0 Å². The number of anilines is 2. The molecule has 3 aromatic rings. The highest BCUT2D eigenvalue weighted by molar-refractivity contribution is 6.10. The summed E-state index contributed by atoms with van der Waals surface area (Å²) in [5.41, 5.74) is 3.04. The SMILES string of the molecule is Cc1nc(N2CCCC2)ncc1C(=O)c1cc2cc3c(cc2oc1=O)N(C)C(C)(C)CC3C. The molecule has 33 heavy (non-hydrogen) atoms. The van der Waals surface area contributed by atoms with Gasteiger partial charge in [0.2, 0.25) is 11.7 Å². The highest BCUT2D eigenvalue weighted by Gasteiger charge is 2.34. The zero-order valence-corrected chi connectivity index (χ0v) is 19.9. The van der Waals surface area contributed by atoms with E-state index in [1.165, 1.54) is 11.8 Å². The van der Waals surface area contributed by atoms with E-state index in [4.69, 9.17) is 4.42 Å². The zero-order valence-electron chi connectivity index (χ0n) is 19.9. The van der Waals surface area contributed by atoms with Gasteiger partial charge in [0.25, 0.3) is 0 Å². The highest BCUT2D eigenvalue weighted by Crippen LogP contribution is 2.43. The quantitative estimate of drug-likeness (QED) is 0.434. The van der Waals surface area contributed by atoms with Gasteiger partial charge in [-0.15, -0.1) is 0 Å². The lowest BCUT2D eigenvalue weighted by Crippen LogP contribution is -2.45. The maximum Gasteiger partial charge on any atom is 0.347 e. The second-order valence-electron chi connectivity index (χ2n) is 10.1. The lowest BCUT2D eigenvalue weighted by Gasteiger charge is -2.45. The molecule has 1 saturated heterocycles. The molecule has 4 heterocycles. The maximum absolute atomic E-state index is 13.3. The Morgan fingerprint density at radius 1 is 1.15 bits per heavy atom. The number of hydrogen-bond acceptors (Lipinski definition) is 7. The fraction of sp³-hybridized carbons (Fsp3) is 0.462. The largest absolute Gasteiger partial charge is 0.422 e. The van der Waals surface area contributed by atoms with Crippen LogP contribution in [0, 0.1) is 6.92 Å². The van der Waals surface area contributed by atoms with Gasteiger partial charge in [-0.1, -0.05) is 6.92 Å². The Kier molecular flexibility index (Phi) is 5.03. The van der Waals surface area contributed by atoms with Crippen molar-refractivity contribution in [3.05, 3.63) is 57.2 Å². The van der Waals surface area contributed by atoms with Gasteiger partial charge in [-0.25, -0.2) is 14.8 Å². The first-order chi connectivity index (χ1) is 15.7. The molecule has 1 unspecified atom stereocenters. The standard InChI is InChI=1S/C26H30N4O3/c1-15-13-26(3,4)29(5)21-12-22-17(10-18(15)21)11-19(24(32)33-22)23(31)20-14-27-25(28-16(20)2)30-8-6-7-9-30/h10-12,14-15H,6-9,13H2,1-5H3. The zero-order chi connectivity index (χ0) is 23.5. The van der Waals surface area contributed by atoms with E-state index in [0.29, 0.717) is 28.7 Å². The van der Waals surface area contributed by atoms with Crippen LogP contribution in [0.4, 0.5) is 11.6 Å². The summed E-state index contributed by atoms with van der Waals surface area (Å²) in [5.74, 6) is 0.593. The van der Waals surface area contributed by atoms with Crippen LogP contribution in [-0.4, -0.2) is 41.4 Å². The van der Waals surface area contributed by atoms with Crippen LogP contribution in [0.1, 0.15) is 73.1 Å². The van der Waals surface area contributed by atoms with Gasteiger partial charge >= 0.3 is 5.63 Å². The third-order valence-corrected chi connectivity index (χ3v) is 7.33. The van der Waals surface area contributed by atoms with Crippen LogP contribution >= 0.6 is 0 Å². The molecular weight excluding hydrogens is 416 g/mol. The van der Waals surface area contributed by atoms with Crippen LogP contribution in [0.3, 0.4) is 0 Å². The van der Waals surface area contributed by atoms with Crippen LogP contribution in [0.25, 0.3) is 11.0 Å². The van der Waals surface area contributed by atoms with E-state index in [1.54, 1.807) is 13.0 Å². The smallest absolute Gasteiger partial charge is 0.347 e. The van der Waals surface area contributed by atoms with Gasteiger partial charge in [0.1, 0.15) is 11.1 Å². The third kappa shape index (κ3) is 3.59. The summed E-state index contributed by atoms with van der Waals surface area (Å²) in [6.07, 6.45) is 4.80. The molecule has 0 spiro atoms. The normalized spacial score (nSPS) is 19.7. The van der Waals surface area contributed by atoms with E-state index in [1.807, 2.05) is 6.07 Å². The van der Waals surface area contributed by atoms with Gasteiger partial charge in [-0.2, -0.15) is 0 Å². The van der Waals surface area contributed by atoms with Crippen LogP contribution in [0.2, 0.25) is 0 Å². The Balaban J connectivity index is 1.55. The average Bonchev–Trinajstić information content (AvgIpc) is 3.30. The molecule has 0 amide bonds. The number of hydrogen-bond donors (Lipinski definition) is 0. The minimum absolute atomic E-state index is 0.00898. The molecule has 2 aliphatic rings. The summed E-state index contributed by atoms with van der Waals surface area (Å²) in [4.78, 5) is 39.4. The number of aryl methyl sites for hydroxylation is 1. The minimum Gasteiger partial charge on any atom is -0.422 e. The predicted octanol–water partition coefficient (Wildman–Crippen LogP) is 4.44. The summed E-state index contributed by atoms with van der Waals surface area (Å²) in [6.45, 7) is 10.3. The molecule has 0 saturated carbocycles. The van der Waals surface area contributed by atoms with Gasteiger partial charge in [-0.3, -0.25) is 4.79 Å². The molecule has 7 nitrogen and oxygen atoms in total. The van der Waals surface area contributed by atoms with Crippen molar-refractivity contribution in [2.24, 2.45) is 0 Å². The minimum atomic E-state index is -0.638. The summed E-state index contributed by atoms with van der Waals surface area (Å²) in [7, 11) is 2.07. The maximum atomic E-state index is 13.3. The van der Waals surface area contributed by atoms with Crippen molar-refractivity contribution in [1.29, 1.82) is 0 Å². The van der Waals surface area contributed by atoms with E-state index < -0.39 is 11.4 Å². The van der Waals surface area contributed by atoms with E-state index in [-0.39, 0.29) is 11.1 Å². The van der Waals surface area contributed by atoms with E-state index in [9.17, 15) is 9.59 Å². The van der Waals surface area contributed by atoms with E-state index >= 15 is 0 Å². The number of aromatic nitrogens is 2. The number of fused-ring (bicyclic) bond motifs is 2. The Hall–Kier alpha value is -3.22. The molecule has 0 N–H and O–H groups in total. The number of ketones is 1. The molecule has 2 aromatic heterocycles. The van der Waals surface area contributed by atoms with Crippen molar-refractivity contribution in [3.8, 4) is 0 Å². The number of nitrogens with zero attached hydrogens (tertiary/aromatic N) is 4. The fourth-order valence-corrected chi connectivity index (χ4v) is 5.23. The first-order valence-corrected chi connectivity index (χ1v) is 11.6. The first-order valence-electron chi connectivity index (χ1n) is 11.6. The number of rotatable bonds is 3. The molecule has 5 rings (SSSR count). The van der Waals surface area contributed by atoms with Crippen molar-refractivity contribution in [1.82, 2.24) is 9.97 Å². The Labute approximate surface area is 193 Å². The lowest BCUT2D eigenvalue weighted by atomic mass is 9.80. The Morgan fingerprint density at radius 2 is 1.88 bits per heavy atom. The third-order valence-electron chi connectivity index (χ3n) is 7.33. The van der Waals surface area contributed by atoms with Crippen LogP contribution in [-0.2, 0) is 0 Å². The summed E-state index contributed by atoms with van der Waals surface area (Å²) in [6, 6.07) is 5.64. The van der Waals surface area contributed by atoms with E-state index in [0.717, 1.165) is 43.4 Å². The molecule has 172 valence electrons. The second-order valence-corrected chi connectivity index (χ2v) is 10.1. The Morgan fingerprint density at radius 3 is 2.58 bits per heavy atom. The first kappa shape index (κ1) is 21.6. The molecule has 0 radical (unpaired) electrons. The monoisotopic (exact) mass is 446 g/mol. The van der Waals surface area contributed by atoms with Gasteiger partial charge < -0.3 is 14.2 Å². The molecular formula is C26H30N4O3.